The van der Waals surface area contributed by atoms with Crippen LogP contribution in [0.3, 0.4) is 0 Å². The summed E-state index contributed by atoms with van der Waals surface area (Å²) in [5, 5.41) is 8.44. The summed E-state index contributed by atoms with van der Waals surface area (Å²) in [6.07, 6.45) is 12.3. The number of hydrogen-bond donors (Lipinski definition) is 0. The summed E-state index contributed by atoms with van der Waals surface area (Å²) < 4.78 is 2.00. The lowest BCUT2D eigenvalue weighted by atomic mass is 10.1. The number of nitrogens with zero attached hydrogens (tertiary/aromatic N) is 3. The highest BCUT2D eigenvalue weighted by Crippen LogP contribution is 2.08. The van der Waals surface area contributed by atoms with Gasteiger partial charge < -0.3 is 0 Å². The molecule has 0 aromatic carbocycles. The van der Waals surface area contributed by atoms with Gasteiger partial charge in [0.2, 0.25) is 0 Å². The van der Waals surface area contributed by atoms with E-state index in [0.717, 1.165) is 24.6 Å². The summed E-state index contributed by atoms with van der Waals surface area (Å²) in [5.74, 6) is 0.784. The van der Waals surface area contributed by atoms with Crippen LogP contribution in [-0.2, 0) is 13.0 Å². The second-order valence-corrected chi connectivity index (χ2v) is 5.67. The van der Waals surface area contributed by atoms with Crippen LogP contribution in [0.5, 0.6) is 0 Å². The molecule has 1 aromatic heterocycles. The van der Waals surface area contributed by atoms with Crippen molar-refractivity contribution in [1.29, 1.82) is 0 Å². The van der Waals surface area contributed by atoms with Gasteiger partial charge in [0.1, 0.15) is 0 Å². The molecule has 116 valence electrons. The first-order chi connectivity index (χ1) is 9.72. The van der Waals surface area contributed by atoms with Crippen LogP contribution in [0.1, 0.15) is 71.4 Å². The molecule has 3 nitrogen and oxygen atoms in total. The number of hydrogen-bond acceptors (Lipinski definition) is 2. The van der Waals surface area contributed by atoms with Crippen molar-refractivity contribution in [2.24, 2.45) is 5.92 Å². The predicted molar refractivity (Wildman–Crippen MR) is 87.8 cm³/mol. The van der Waals surface area contributed by atoms with Crippen LogP contribution in [0.25, 0.3) is 0 Å². The van der Waals surface area contributed by atoms with E-state index in [2.05, 4.69) is 50.4 Å². The van der Waals surface area contributed by atoms with Gasteiger partial charge in [0.05, 0.1) is 5.69 Å². The van der Waals surface area contributed by atoms with Crippen molar-refractivity contribution in [1.82, 2.24) is 15.0 Å². The molecule has 3 heteroatoms. The number of aryl methyl sites for hydroxylation is 2. The molecule has 0 radical (unpaired) electrons. The minimum Gasteiger partial charge on any atom is -0.252 e. The fourth-order valence-corrected chi connectivity index (χ4v) is 2.13. The average molecular weight is 279 g/mol. The molecule has 0 aliphatic heterocycles. The van der Waals surface area contributed by atoms with Gasteiger partial charge in [-0.25, -0.2) is 0 Å². The second-order valence-electron chi connectivity index (χ2n) is 5.67. The third-order valence-electron chi connectivity index (χ3n) is 3.29. The van der Waals surface area contributed by atoms with E-state index in [4.69, 9.17) is 0 Å². The Balaban J connectivity index is 0.00000172. The van der Waals surface area contributed by atoms with Gasteiger partial charge in [-0.05, 0) is 31.6 Å². The van der Waals surface area contributed by atoms with Crippen LogP contribution in [0.2, 0.25) is 0 Å². The van der Waals surface area contributed by atoms with Gasteiger partial charge in [-0.2, -0.15) is 0 Å². The maximum Gasteiger partial charge on any atom is 0.0827 e. The lowest BCUT2D eigenvalue weighted by molar-refractivity contribution is 0.482. The van der Waals surface area contributed by atoms with Crippen molar-refractivity contribution in [3.05, 3.63) is 25.0 Å². The van der Waals surface area contributed by atoms with E-state index < -0.39 is 0 Å². The Hall–Kier alpha value is -1.12. The van der Waals surface area contributed by atoms with Crippen LogP contribution in [0.15, 0.2) is 19.4 Å². The van der Waals surface area contributed by atoms with Crippen molar-refractivity contribution < 1.29 is 0 Å². The van der Waals surface area contributed by atoms with E-state index in [1.807, 2.05) is 4.68 Å². The topological polar surface area (TPSA) is 30.7 Å². The Morgan fingerprint density at radius 2 is 1.80 bits per heavy atom. The second kappa shape index (κ2) is 12.9. The summed E-state index contributed by atoms with van der Waals surface area (Å²) >= 11 is 0. The third kappa shape index (κ3) is 9.76. The molecule has 0 spiro atoms. The molecule has 0 atom stereocenters. The lowest BCUT2D eigenvalue weighted by Crippen LogP contribution is -2.00. The Bertz CT molecular complexity index is 318. The molecule has 0 unspecified atom stereocenters. The largest absolute Gasteiger partial charge is 0.252 e. The fourth-order valence-electron chi connectivity index (χ4n) is 2.13. The molecular weight excluding hydrogens is 246 g/mol. The van der Waals surface area contributed by atoms with Crippen LogP contribution >= 0.6 is 0 Å². The Kier molecular flexibility index (Phi) is 12.2. The fraction of sp³-hybridized carbons (Fsp3) is 0.765. The zero-order valence-corrected chi connectivity index (χ0v) is 13.8. The average Bonchev–Trinajstić information content (AvgIpc) is 2.88. The zero-order chi connectivity index (χ0) is 15.2. The summed E-state index contributed by atoms with van der Waals surface area (Å²) in [4.78, 5) is 0. The Morgan fingerprint density at radius 1 is 1.10 bits per heavy atom. The Morgan fingerprint density at radius 3 is 2.45 bits per heavy atom. The highest BCUT2D eigenvalue weighted by molar-refractivity contribution is 4.92. The van der Waals surface area contributed by atoms with Crippen molar-refractivity contribution in [3.8, 4) is 0 Å². The van der Waals surface area contributed by atoms with Gasteiger partial charge in [0.15, 0.2) is 0 Å². The van der Waals surface area contributed by atoms with Crippen molar-refractivity contribution in [3.63, 3.8) is 0 Å². The summed E-state index contributed by atoms with van der Waals surface area (Å²) in [6.45, 7) is 13.8. The molecule has 1 rings (SSSR count). The van der Waals surface area contributed by atoms with E-state index in [0.29, 0.717) is 0 Å². The summed E-state index contributed by atoms with van der Waals surface area (Å²) in [6, 6.07) is 0. The normalized spacial score (nSPS) is 10.4. The minimum absolute atomic E-state index is 0.784. The van der Waals surface area contributed by atoms with Gasteiger partial charge in [-0.15, -0.1) is 18.3 Å². The highest BCUT2D eigenvalue weighted by Gasteiger charge is 2.01. The van der Waals surface area contributed by atoms with Gasteiger partial charge in [0, 0.05) is 12.7 Å². The first kappa shape index (κ1) is 18.9. The zero-order valence-electron chi connectivity index (χ0n) is 13.8. The molecule has 0 N–H and O–H groups in total. The molecule has 0 saturated heterocycles. The van der Waals surface area contributed by atoms with E-state index in [-0.39, 0.29) is 0 Å². The molecular formula is C17H33N3. The van der Waals surface area contributed by atoms with Gasteiger partial charge >= 0.3 is 0 Å². The molecule has 0 aliphatic carbocycles. The number of unbranched alkanes of at least 4 members (excludes halogenated alkanes) is 4. The standard InChI is InChI=1S/C15H29N3.C2H4/c1-4-5-6-7-8-11-15-13-18(17-16-15)12-9-10-14(2)3;1-2/h13-14H,4-12H2,1-3H3;1-2H2. The summed E-state index contributed by atoms with van der Waals surface area (Å²) in [7, 11) is 0. The van der Waals surface area contributed by atoms with Gasteiger partial charge in [0.25, 0.3) is 0 Å². The van der Waals surface area contributed by atoms with E-state index >= 15 is 0 Å². The molecule has 0 bridgehead atoms. The molecule has 1 aromatic rings. The summed E-state index contributed by atoms with van der Waals surface area (Å²) in [5.41, 5.74) is 1.16. The first-order valence-corrected chi connectivity index (χ1v) is 8.11. The van der Waals surface area contributed by atoms with E-state index in [1.54, 1.807) is 0 Å². The van der Waals surface area contributed by atoms with Gasteiger partial charge in [-0.1, -0.05) is 51.7 Å². The monoisotopic (exact) mass is 279 g/mol. The number of aromatic nitrogens is 3. The SMILES string of the molecule is C=C.CCCCCCCc1cn(CCCC(C)C)nn1. The third-order valence-corrected chi connectivity index (χ3v) is 3.29. The van der Waals surface area contributed by atoms with Crippen molar-refractivity contribution in [2.45, 2.75) is 78.7 Å². The van der Waals surface area contributed by atoms with Crippen LogP contribution in [0, 0.1) is 5.92 Å². The molecule has 20 heavy (non-hydrogen) atoms. The van der Waals surface area contributed by atoms with Crippen LogP contribution in [0.4, 0.5) is 0 Å². The highest BCUT2D eigenvalue weighted by atomic mass is 15.4. The quantitative estimate of drug-likeness (QED) is 0.444. The van der Waals surface area contributed by atoms with Crippen LogP contribution < -0.4 is 0 Å². The molecule has 0 amide bonds. The Labute approximate surface area is 125 Å². The minimum atomic E-state index is 0.784. The maximum atomic E-state index is 4.24. The lowest BCUT2D eigenvalue weighted by Gasteiger charge is -2.03. The molecule has 0 aliphatic rings. The first-order valence-electron chi connectivity index (χ1n) is 8.11. The van der Waals surface area contributed by atoms with Gasteiger partial charge in [-0.3, -0.25) is 4.68 Å². The van der Waals surface area contributed by atoms with Crippen LogP contribution in [-0.4, -0.2) is 15.0 Å². The number of rotatable bonds is 10. The predicted octanol–water partition coefficient (Wildman–Crippen LogP) is 5.03. The smallest absolute Gasteiger partial charge is 0.0827 e. The molecule has 0 fully saturated rings. The molecule has 1 heterocycles. The maximum absolute atomic E-state index is 4.24. The van der Waals surface area contributed by atoms with Crippen molar-refractivity contribution >= 4 is 0 Å². The van der Waals surface area contributed by atoms with Crippen molar-refractivity contribution in [2.75, 3.05) is 0 Å². The molecule has 0 saturated carbocycles. The van der Waals surface area contributed by atoms with E-state index in [1.165, 1.54) is 44.9 Å². The van der Waals surface area contributed by atoms with E-state index in [9.17, 15) is 0 Å².